The number of nitrogens with two attached hydrogens (primary N) is 1. The molecule has 0 saturated carbocycles. The minimum absolute atomic E-state index is 0.00462. The molecule has 0 aliphatic carbocycles. The number of carbonyl (C=O) groups excluding carboxylic acids is 2. The van der Waals surface area contributed by atoms with Crippen LogP contribution in [-0.2, 0) is 4.79 Å². The average Bonchev–Trinajstić information content (AvgIpc) is 2.14. The number of benzene rings is 1. The second-order valence-corrected chi connectivity index (χ2v) is 2.90. The smallest absolute Gasteiger partial charge is 0.217 e. The van der Waals surface area contributed by atoms with Gasteiger partial charge in [-0.25, -0.2) is 4.39 Å². The summed E-state index contributed by atoms with van der Waals surface area (Å²) in [6.07, 6.45) is 0.0220. The van der Waals surface area contributed by atoms with Gasteiger partial charge in [-0.3, -0.25) is 9.59 Å². The van der Waals surface area contributed by atoms with Crippen LogP contribution in [0.25, 0.3) is 0 Å². The predicted molar refractivity (Wildman–Crippen MR) is 49.2 cm³/mol. The largest absolute Gasteiger partial charge is 0.370 e. The zero-order valence-corrected chi connectivity index (χ0v) is 7.50. The molecule has 0 atom stereocenters. The number of amides is 1. The van der Waals surface area contributed by atoms with Gasteiger partial charge >= 0.3 is 0 Å². The van der Waals surface area contributed by atoms with Gasteiger partial charge in [-0.1, -0.05) is 12.1 Å². The van der Waals surface area contributed by atoms with Gasteiger partial charge < -0.3 is 5.73 Å². The fourth-order valence-corrected chi connectivity index (χ4v) is 1.04. The third-order valence-corrected chi connectivity index (χ3v) is 1.75. The molecule has 0 aliphatic rings. The van der Waals surface area contributed by atoms with Crippen molar-refractivity contribution in [2.24, 2.45) is 5.73 Å². The molecule has 0 unspecified atom stereocenters. The maximum Gasteiger partial charge on any atom is 0.217 e. The molecule has 0 fully saturated rings. The summed E-state index contributed by atoms with van der Waals surface area (Å²) in [5.41, 5.74) is 5.15. The first-order chi connectivity index (χ1) is 6.59. The maximum absolute atomic E-state index is 12.7. The average molecular weight is 195 g/mol. The number of halogens is 1. The molecule has 1 amide bonds. The maximum atomic E-state index is 12.7. The zero-order valence-electron chi connectivity index (χ0n) is 7.50. The van der Waals surface area contributed by atoms with Gasteiger partial charge in [0.05, 0.1) is 0 Å². The van der Waals surface area contributed by atoms with E-state index in [1.54, 1.807) is 0 Å². The SMILES string of the molecule is NC(=O)CCC(=O)c1cccc(F)c1. The Balaban J connectivity index is 2.65. The number of ketones is 1. The molecule has 0 saturated heterocycles. The van der Waals surface area contributed by atoms with Gasteiger partial charge in [0.1, 0.15) is 5.82 Å². The molecule has 1 aromatic carbocycles. The Labute approximate surface area is 80.7 Å². The molecule has 4 heteroatoms. The molecule has 2 N–H and O–H groups in total. The van der Waals surface area contributed by atoms with E-state index >= 15 is 0 Å². The van der Waals surface area contributed by atoms with Crippen molar-refractivity contribution >= 4 is 11.7 Å². The molecule has 1 rings (SSSR count). The molecule has 0 aliphatic heterocycles. The van der Waals surface area contributed by atoms with E-state index < -0.39 is 11.7 Å². The lowest BCUT2D eigenvalue weighted by atomic mass is 10.1. The number of primary amides is 1. The van der Waals surface area contributed by atoms with Crippen molar-refractivity contribution in [2.45, 2.75) is 12.8 Å². The Morgan fingerprint density at radius 3 is 2.57 bits per heavy atom. The number of hydrogen-bond acceptors (Lipinski definition) is 2. The molecule has 3 nitrogen and oxygen atoms in total. The van der Waals surface area contributed by atoms with Crippen LogP contribution in [0.15, 0.2) is 24.3 Å². The Morgan fingerprint density at radius 1 is 1.29 bits per heavy atom. The van der Waals surface area contributed by atoms with Crippen LogP contribution in [0.5, 0.6) is 0 Å². The minimum atomic E-state index is -0.533. The Kier molecular flexibility index (Phi) is 3.34. The van der Waals surface area contributed by atoms with Crippen molar-refractivity contribution in [1.29, 1.82) is 0 Å². The first kappa shape index (κ1) is 10.4. The molecule has 1 aromatic rings. The lowest BCUT2D eigenvalue weighted by molar-refractivity contribution is -0.118. The normalized spacial score (nSPS) is 9.79. The standard InChI is InChI=1S/C10H10FNO2/c11-8-3-1-2-7(6-8)9(13)4-5-10(12)14/h1-3,6H,4-5H2,(H2,12,14). The van der Waals surface area contributed by atoms with Crippen LogP contribution in [0, 0.1) is 5.82 Å². The number of rotatable bonds is 4. The lowest BCUT2D eigenvalue weighted by Crippen LogP contribution is -2.12. The first-order valence-electron chi connectivity index (χ1n) is 4.16. The Morgan fingerprint density at radius 2 is 2.00 bits per heavy atom. The highest BCUT2D eigenvalue weighted by Gasteiger charge is 2.07. The highest BCUT2D eigenvalue weighted by atomic mass is 19.1. The molecular weight excluding hydrogens is 185 g/mol. The van der Waals surface area contributed by atoms with Crippen molar-refractivity contribution in [3.8, 4) is 0 Å². The summed E-state index contributed by atoms with van der Waals surface area (Å²) in [7, 11) is 0. The summed E-state index contributed by atoms with van der Waals surface area (Å²) in [5, 5.41) is 0. The number of hydrogen-bond donors (Lipinski definition) is 1. The zero-order chi connectivity index (χ0) is 10.6. The van der Waals surface area contributed by atoms with Gasteiger partial charge in [-0.15, -0.1) is 0 Å². The summed E-state index contributed by atoms with van der Waals surface area (Å²) < 4.78 is 12.7. The molecule has 14 heavy (non-hydrogen) atoms. The van der Waals surface area contributed by atoms with E-state index in [1.165, 1.54) is 18.2 Å². The van der Waals surface area contributed by atoms with Crippen molar-refractivity contribution in [3.05, 3.63) is 35.6 Å². The van der Waals surface area contributed by atoms with Gasteiger partial charge in [0.15, 0.2) is 5.78 Å². The van der Waals surface area contributed by atoms with Crippen LogP contribution < -0.4 is 5.73 Å². The van der Waals surface area contributed by atoms with E-state index in [-0.39, 0.29) is 24.2 Å². The highest BCUT2D eigenvalue weighted by Crippen LogP contribution is 2.07. The van der Waals surface area contributed by atoms with Gasteiger partial charge in [-0.05, 0) is 12.1 Å². The van der Waals surface area contributed by atoms with E-state index in [2.05, 4.69) is 0 Å². The number of carbonyl (C=O) groups is 2. The Bertz CT molecular complexity index is 363. The van der Waals surface area contributed by atoms with Crippen LogP contribution in [0.4, 0.5) is 4.39 Å². The molecule has 0 radical (unpaired) electrons. The molecule has 0 bridgehead atoms. The molecule has 0 heterocycles. The summed E-state index contributed by atoms with van der Waals surface area (Å²) in [6.45, 7) is 0. The topological polar surface area (TPSA) is 60.2 Å². The monoisotopic (exact) mass is 195 g/mol. The van der Waals surface area contributed by atoms with Crippen LogP contribution in [0.2, 0.25) is 0 Å². The predicted octanol–water partition coefficient (Wildman–Crippen LogP) is 1.27. The van der Waals surface area contributed by atoms with Crippen LogP contribution in [-0.4, -0.2) is 11.7 Å². The summed E-state index contributed by atoms with van der Waals surface area (Å²) in [6, 6.07) is 5.35. The number of Topliss-reactive ketones (excluding diaryl/α,β-unsaturated/α-hetero) is 1. The van der Waals surface area contributed by atoms with E-state index in [9.17, 15) is 14.0 Å². The summed E-state index contributed by atoms with van der Waals surface area (Å²) in [4.78, 5) is 21.7. The first-order valence-corrected chi connectivity index (χ1v) is 4.16. The quantitative estimate of drug-likeness (QED) is 0.735. The molecule has 0 spiro atoms. The highest BCUT2D eigenvalue weighted by molar-refractivity contribution is 5.97. The molecular formula is C10H10FNO2. The lowest BCUT2D eigenvalue weighted by Gasteiger charge is -1.98. The van der Waals surface area contributed by atoms with Crippen LogP contribution >= 0.6 is 0 Å². The summed E-state index contributed by atoms with van der Waals surface area (Å²) >= 11 is 0. The molecule has 74 valence electrons. The van der Waals surface area contributed by atoms with Gasteiger partial charge in [-0.2, -0.15) is 0 Å². The van der Waals surface area contributed by atoms with Crippen LogP contribution in [0.1, 0.15) is 23.2 Å². The van der Waals surface area contributed by atoms with E-state index in [0.717, 1.165) is 6.07 Å². The van der Waals surface area contributed by atoms with E-state index in [4.69, 9.17) is 5.73 Å². The van der Waals surface area contributed by atoms with Crippen molar-refractivity contribution in [2.75, 3.05) is 0 Å². The minimum Gasteiger partial charge on any atom is -0.370 e. The summed E-state index contributed by atoms with van der Waals surface area (Å²) in [5.74, 6) is -1.27. The van der Waals surface area contributed by atoms with Gasteiger partial charge in [0.25, 0.3) is 0 Å². The van der Waals surface area contributed by atoms with Gasteiger partial charge in [0, 0.05) is 18.4 Å². The van der Waals surface area contributed by atoms with Crippen molar-refractivity contribution in [3.63, 3.8) is 0 Å². The molecule has 0 aromatic heterocycles. The second kappa shape index (κ2) is 4.50. The van der Waals surface area contributed by atoms with Crippen LogP contribution in [0.3, 0.4) is 0 Å². The second-order valence-electron chi connectivity index (χ2n) is 2.90. The van der Waals surface area contributed by atoms with E-state index in [1.807, 2.05) is 0 Å². The fraction of sp³-hybridized carbons (Fsp3) is 0.200. The Hall–Kier alpha value is -1.71. The van der Waals surface area contributed by atoms with Crippen molar-refractivity contribution < 1.29 is 14.0 Å². The third kappa shape index (κ3) is 2.97. The van der Waals surface area contributed by atoms with Gasteiger partial charge in [0.2, 0.25) is 5.91 Å². The third-order valence-electron chi connectivity index (χ3n) is 1.75. The fourth-order valence-electron chi connectivity index (χ4n) is 1.04. The van der Waals surface area contributed by atoms with E-state index in [0.29, 0.717) is 0 Å². The van der Waals surface area contributed by atoms with Crippen molar-refractivity contribution in [1.82, 2.24) is 0 Å².